The second-order valence-electron chi connectivity index (χ2n) is 9.40. The molecule has 28 heavy (non-hydrogen) atoms. The summed E-state index contributed by atoms with van der Waals surface area (Å²) in [7, 11) is 0. The number of likely N-dealkylation sites (tertiary alicyclic amines) is 1. The maximum atomic E-state index is 13.1. The van der Waals surface area contributed by atoms with Gasteiger partial charge >= 0.3 is 0 Å². The number of benzene rings is 1. The molecule has 1 aromatic carbocycles. The second kappa shape index (κ2) is 6.82. The first-order chi connectivity index (χ1) is 13.2. The maximum absolute atomic E-state index is 13.1. The van der Waals surface area contributed by atoms with Crippen LogP contribution in [0.15, 0.2) is 30.3 Å². The number of carbonyl (C=O) groups excluding carboxylic acids is 2. The molecule has 1 spiro atoms. The van der Waals surface area contributed by atoms with Crippen molar-refractivity contribution in [1.82, 2.24) is 10.2 Å². The zero-order chi connectivity index (χ0) is 20.0. The summed E-state index contributed by atoms with van der Waals surface area (Å²) in [6.45, 7) is 3.15. The van der Waals surface area contributed by atoms with Crippen molar-refractivity contribution in [2.24, 2.45) is 10.8 Å². The van der Waals surface area contributed by atoms with Crippen molar-refractivity contribution in [3.8, 4) is 0 Å². The van der Waals surface area contributed by atoms with Gasteiger partial charge in [-0.2, -0.15) is 0 Å². The molecule has 0 radical (unpaired) electrons. The molecular formula is C22H28F2N2O2. The summed E-state index contributed by atoms with van der Waals surface area (Å²) < 4.78 is 26.3. The van der Waals surface area contributed by atoms with Gasteiger partial charge in [0.25, 0.3) is 0 Å². The molecule has 0 bridgehead atoms. The Morgan fingerprint density at radius 3 is 2.50 bits per heavy atom. The highest BCUT2D eigenvalue weighted by molar-refractivity contribution is 5.84. The van der Waals surface area contributed by atoms with Gasteiger partial charge in [0, 0.05) is 38.4 Å². The Morgan fingerprint density at radius 1 is 1.18 bits per heavy atom. The molecule has 0 unspecified atom stereocenters. The predicted octanol–water partition coefficient (Wildman–Crippen LogP) is 3.55. The highest BCUT2D eigenvalue weighted by Crippen LogP contribution is 2.53. The standard InChI is InChI=1S/C22H28F2N2O2/c1-20(13-22(23,24)14-20)19(28)25-17-11-21(12-17)9-10-26(15-21)18(27)8-7-16-5-3-2-4-6-16/h2-6,17H,7-15H2,1H3,(H,25,28). The molecule has 4 nitrogen and oxygen atoms in total. The lowest BCUT2D eigenvalue weighted by atomic mass is 9.63. The average molecular weight is 390 g/mol. The first-order valence-electron chi connectivity index (χ1n) is 10.2. The molecule has 1 aromatic rings. The second-order valence-corrected chi connectivity index (χ2v) is 9.40. The molecule has 6 heteroatoms. The van der Waals surface area contributed by atoms with Crippen molar-refractivity contribution in [3.05, 3.63) is 35.9 Å². The van der Waals surface area contributed by atoms with E-state index in [1.807, 2.05) is 35.2 Å². The summed E-state index contributed by atoms with van der Waals surface area (Å²) in [5.41, 5.74) is 0.345. The largest absolute Gasteiger partial charge is 0.353 e. The summed E-state index contributed by atoms with van der Waals surface area (Å²) in [5, 5.41) is 2.96. The van der Waals surface area contributed by atoms with Crippen molar-refractivity contribution in [2.45, 2.75) is 63.8 Å². The molecule has 0 atom stereocenters. The van der Waals surface area contributed by atoms with E-state index >= 15 is 0 Å². The van der Waals surface area contributed by atoms with Gasteiger partial charge in [0.1, 0.15) is 0 Å². The predicted molar refractivity (Wildman–Crippen MR) is 102 cm³/mol. The lowest BCUT2D eigenvalue weighted by molar-refractivity contribution is -0.176. The molecule has 2 aliphatic carbocycles. The van der Waals surface area contributed by atoms with Gasteiger partial charge in [-0.1, -0.05) is 37.3 Å². The molecule has 1 heterocycles. The van der Waals surface area contributed by atoms with Crippen LogP contribution in [0, 0.1) is 10.8 Å². The number of rotatable bonds is 5. The summed E-state index contributed by atoms with van der Waals surface area (Å²) in [5.74, 6) is -2.75. The van der Waals surface area contributed by atoms with Gasteiger partial charge in [0.05, 0.1) is 5.41 Å². The summed E-state index contributed by atoms with van der Waals surface area (Å²) in [6, 6.07) is 10.1. The van der Waals surface area contributed by atoms with Gasteiger partial charge in [-0.15, -0.1) is 0 Å². The molecule has 3 aliphatic rings. The minimum Gasteiger partial charge on any atom is -0.353 e. The highest BCUT2D eigenvalue weighted by atomic mass is 19.3. The summed E-state index contributed by atoms with van der Waals surface area (Å²) >= 11 is 0. The monoisotopic (exact) mass is 390 g/mol. The van der Waals surface area contributed by atoms with E-state index in [0.29, 0.717) is 6.42 Å². The lowest BCUT2D eigenvalue weighted by Gasteiger charge is -2.48. The molecule has 4 rings (SSSR count). The average Bonchev–Trinajstić information content (AvgIpc) is 3.04. The molecular weight excluding hydrogens is 362 g/mol. The van der Waals surface area contributed by atoms with E-state index < -0.39 is 11.3 Å². The summed E-state index contributed by atoms with van der Waals surface area (Å²) in [6.07, 6.45) is 3.21. The van der Waals surface area contributed by atoms with Crippen molar-refractivity contribution in [3.63, 3.8) is 0 Å². The number of alkyl halides is 2. The zero-order valence-corrected chi connectivity index (χ0v) is 16.3. The Labute approximate surface area is 164 Å². The zero-order valence-electron chi connectivity index (χ0n) is 16.3. The van der Waals surface area contributed by atoms with Crippen molar-refractivity contribution >= 4 is 11.8 Å². The first-order valence-corrected chi connectivity index (χ1v) is 10.2. The Bertz CT molecular complexity index is 751. The molecule has 1 aliphatic heterocycles. The molecule has 152 valence electrons. The lowest BCUT2D eigenvalue weighted by Crippen LogP contribution is -2.59. The molecule has 1 saturated heterocycles. The minimum atomic E-state index is -2.70. The number of hydrogen-bond donors (Lipinski definition) is 1. The third-order valence-corrected chi connectivity index (χ3v) is 6.80. The van der Waals surface area contributed by atoms with Crippen molar-refractivity contribution < 1.29 is 18.4 Å². The van der Waals surface area contributed by atoms with Crippen LogP contribution < -0.4 is 5.32 Å². The Balaban J connectivity index is 1.21. The van der Waals surface area contributed by atoms with Crippen LogP contribution >= 0.6 is 0 Å². The Hall–Kier alpha value is -1.98. The van der Waals surface area contributed by atoms with E-state index in [-0.39, 0.29) is 36.1 Å². The number of nitrogens with one attached hydrogen (secondary N) is 1. The highest BCUT2D eigenvalue weighted by Gasteiger charge is 2.59. The number of carbonyl (C=O) groups is 2. The number of amides is 2. The van der Waals surface area contributed by atoms with Gasteiger partial charge in [-0.05, 0) is 36.7 Å². The van der Waals surface area contributed by atoms with E-state index in [1.54, 1.807) is 6.92 Å². The van der Waals surface area contributed by atoms with Crippen LogP contribution in [0.2, 0.25) is 0 Å². The number of halogens is 2. The van der Waals surface area contributed by atoms with E-state index in [4.69, 9.17) is 0 Å². The van der Waals surface area contributed by atoms with E-state index in [2.05, 4.69) is 5.32 Å². The third kappa shape index (κ3) is 3.78. The molecule has 3 fully saturated rings. The van der Waals surface area contributed by atoms with E-state index in [9.17, 15) is 18.4 Å². The smallest absolute Gasteiger partial charge is 0.250 e. The van der Waals surface area contributed by atoms with Crippen LogP contribution in [0.5, 0.6) is 0 Å². The maximum Gasteiger partial charge on any atom is 0.250 e. The van der Waals surface area contributed by atoms with Crippen molar-refractivity contribution in [1.29, 1.82) is 0 Å². The fraction of sp³-hybridized carbons (Fsp3) is 0.636. The van der Waals surface area contributed by atoms with Crippen LogP contribution in [0.1, 0.15) is 51.0 Å². The minimum absolute atomic E-state index is 0.0536. The fourth-order valence-electron chi connectivity index (χ4n) is 5.23. The molecule has 2 amide bonds. The third-order valence-electron chi connectivity index (χ3n) is 6.80. The van der Waals surface area contributed by atoms with Crippen LogP contribution in [-0.4, -0.2) is 41.8 Å². The van der Waals surface area contributed by atoms with Crippen LogP contribution in [0.25, 0.3) is 0 Å². The SMILES string of the molecule is CC1(C(=O)NC2CC3(CCN(C(=O)CCc4ccccc4)C3)C2)CC(F)(F)C1. The quantitative estimate of drug-likeness (QED) is 0.836. The summed E-state index contributed by atoms with van der Waals surface area (Å²) in [4.78, 5) is 26.8. The topological polar surface area (TPSA) is 49.4 Å². The number of aryl methyl sites for hydroxylation is 1. The van der Waals surface area contributed by atoms with Gasteiger partial charge in [-0.25, -0.2) is 8.78 Å². The number of nitrogens with zero attached hydrogens (tertiary/aromatic N) is 1. The van der Waals surface area contributed by atoms with Gasteiger partial charge < -0.3 is 10.2 Å². The Morgan fingerprint density at radius 2 is 1.86 bits per heavy atom. The van der Waals surface area contributed by atoms with Crippen molar-refractivity contribution in [2.75, 3.05) is 13.1 Å². The Kier molecular flexibility index (Phi) is 4.71. The molecule has 0 aromatic heterocycles. The van der Waals surface area contributed by atoms with Crippen LogP contribution in [0.4, 0.5) is 8.78 Å². The van der Waals surface area contributed by atoms with Gasteiger partial charge in [0.2, 0.25) is 17.7 Å². The number of hydrogen-bond acceptors (Lipinski definition) is 2. The first kappa shape index (κ1) is 19.3. The van der Waals surface area contributed by atoms with Gasteiger partial charge in [0.15, 0.2) is 0 Å². The van der Waals surface area contributed by atoms with E-state index in [1.165, 1.54) is 5.56 Å². The fourth-order valence-corrected chi connectivity index (χ4v) is 5.23. The molecule has 1 N–H and O–H groups in total. The van der Waals surface area contributed by atoms with Crippen LogP contribution in [-0.2, 0) is 16.0 Å². The normalized spacial score (nSPS) is 26.4. The van der Waals surface area contributed by atoms with E-state index in [0.717, 1.165) is 38.8 Å². The van der Waals surface area contributed by atoms with Crippen LogP contribution in [0.3, 0.4) is 0 Å². The van der Waals surface area contributed by atoms with Gasteiger partial charge in [-0.3, -0.25) is 9.59 Å². The molecule has 2 saturated carbocycles.